The Morgan fingerprint density at radius 2 is 2.05 bits per heavy atom. The minimum absolute atomic E-state index is 0.0990. The molecule has 1 aromatic rings. The first-order valence-electron chi connectivity index (χ1n) is 6.79. The summed E-state index contributed by atoms with van der Waals surface area (Å²) in [7, 11) is 0. The third kappa shape index (κ3) is 3.98. The van der Waals surface area contributed by atoms with Crippen molar-refractivity contribution in [3.8, 4) is 0 Å². The first-order chi connectivity index (χ1) is 9.06. The fourth-order valence-electron chi connectivity index (χ4n) is 2.53. The molecule has 1 aliphatic rings. The van der Waals surface area contributed by atoms with Gasteiger partial charge in [0.25, 0.3) is 0 Å². The Kier molecular flexibility index (Phi) is 4.88. The number of nitrogen functional groups attached to an aromatic ring is 1. The zero-order valence-corrected chi connectivity index (χ0v) is 12.0. The van der Waals surface area contributed by atoms with Gasteiger partial charge in [-0.2, -0.15) is 0 Å². The second-order valence-corrected chi connectivity index (χ2v) is 5.67. The van der Waals surface area contributed by atoms with Crippen molar-refractivity contribution in [2.24, 2.45) is 0 Å². The molecule has 3 N–H and O–H groups in total. The van der Waals surface area contributed by atoms with Crippen molar-refractivity contribution >= 4 is 23.0 Å². The molecule has 0 spiro atoms. The van der Waals surface area contributed by atoms with Crippen LogP contribution in [-0.2, 0) is 0 Å². The lowest BCUT2D eigenvalue weighted by atomic mass is 10.1. The number of hydrogen-bond donors (Lipinski definition) is 2. The largest absolute Gasteiger partial charge is 0.397 e. The number of nitrogens with two attached hydrogens (primary N) is 1. The molecular weight excluding hydrogens is 265 g/mol. The van der Waals surface area contributed by atoms with Crippen LogP contribution in [0.4, 0.5) is 15.8 Å². The van der Waals surface area contributed by atoms with Crippen LogP contribution in [0, 0.1) is 5.82 Å². The molecule has 3 nitrogen and oxygen atoms in total. The zero-order valence-electron chi connectivity index (χ0n) is 11.3. The van der Waals surface area contributed by atoms with Crippen LogP contribution in [0.5, 0.6) is 0 Å². The van der Waals surface area contributed by atoms with Gasteiger partial charge in [0, 0.05) is 18.7 Å². The molecule has 5 heteroatoms. The molecular formula is C14H21ClFN3. The van der Waals surface area contributed by atoms with Crippen molar-refractivity contribution in [2.45, 2.75) is 32.2 Å². The molecule has 0 amide bonds. The Hall–Kier alpha value is -1.00. The van der Waals surface area contributed by atoms with E-state index >= 15 is 0 Å². The zero-order chi connectivity index (χ0) is 13.8. The van der Waals surface area contributed by atoms with Crippen LogP contribution in [0.3, 0.4) is 0 Å². The number of hydrogen-bond acceptors (Lipinski definition) is 3. The maximum absolute atomic E-state index is 13.2. The molecule has 1 heterocycles. The number of benzene rings is 1. The van der Waals surface area contributed by atoms with Crippen molar-refractivity contribution in [2.75, 3.05) is 30.7 Å². The van der Waals surface area contributed by atoms with Crippen molar-refractivity contribution in [3.05, 3.63) is 23.0 Å². The van der Waals surface area contributed by atoms with E-state index in [4.69, 9.17) is 17.3 Å². The monoisotopic (exact) mass is 285 g/mol. The number of nitrogens with zero attached hydrogens (tertiary/aromatic N) is 1. The number of piperidine rings is 1. The van der Waals surface area contributed by atoms with E-state index in [0.29, 0.717) is 11.4 Å². The van der Waals surface area contributed by atoms with Gasteiger partial charge < -0.3 is 16.0 Å². The molecule has 0 aliphatic carbocycles. The van der Waals surface area contributed by atoms with Gasteiger partial charge in [-0.15, -0.1) is 0 Å². The van der Waals surface area contributed by atoms with Crippen LogP contribution in [0.15, 0.2) is 12.1 Å². The number of rotatable bonds is 4. The molecule has 1 atom stereocenters. The van der Waals surface area contributed by atoms with Gasteiger partial charge in [0.05, 0.1) is 16.4 Å². The first-order valence-corrected chi connectivity index (χ1v) is 7.17. The Labute approximate surface area is 118 Å². The third-order valence-corrected chi connectivity index (χ3v) is 3.76. The highest BCUT2D eigenvalue weighted by Gasteiger charge is 2.14. The van der Waals surface area contributed by atoms with E-state index in [9.17, 15) is 4.39 Å². The molecule has 0 bridgehead atoms. The van der Waals surface area contributed by atoms with Gasteiger partial charge in [-0.05, 0) is 38.9 Å². The van der Waals surface area contributed by atoms with Crippen molar-refractivity contribution in [3.63, 3.8) is 0 Å². The molecule has 0 saturated carbocycles. The maximum Gasteiger partial charge on any atom is 0.143 e. The van der Waals surface area contributed by atoms with Crippen molar-refractivity contribution < 1.29 is 4.39 Å². The Morgan fingerprint density at radius 3 is 2.74 bits per heavy atom. The van der Waals surface area contributed by atoms with E-state index in [-0.39, 0.29) is 11.1 Å². The van der Waals surface area contributed by atoms with Gasteiger partial charge in [-0.1, -0.05) is 18.0 Å². The van der Waals surface area contributed by atoms with E-state index in [2.05, 4.69) is 17.1 Å². The van der Waals surface area contributed by atoms with Gasteiger partial charge in [0.1, 0.15) is 5.82 Å². The van der Waals surface area contributed by atoms with Crippen LogP contribution in [0.2, 0.25) is 5.02 Å². The average Bonchev–Trinajstić information content (AvgIpc) is 2.37. The fraction of sp³-hybridized carbons (Fsp3) is 0.571. The summed E-state index contributed by atoms with van der Waals surface area (Å²) in [6, 6.07) is 3.07. The summed E-state index contributed by atoms with van der Waals surface area (Å²) in [6.07, 6.45) is 3.88. The Bertz CT molecular complexity index is 433. The molecule has 2 rings (SSSR count). The van der Waals surface area contributed by atoms with Crippen LogP contribution in [0.25, 0.3) is 0 Å². The maximum atomic E-state index is 13.2. The number of nitrogens with one attached hydrogen (secondary N) is 1. The second-order valence-electron chi connectivity index (χ2n) is 5.26. The van der Waals surface area contributed by atoms with Gasteiger partial charge >= 0.3 is 0 Å². The normalized spacial score (nSPS) is 18.3. The minimum atomic E-state index is -0.478. The SMILES string of the molecule is CC(CN1CCCCC1)Nc1cc(Cl)c(F)cc1N. The number of anilines is 2. The van der Waals surface area contributed by atoms with Crippen LogP contribution in [0.1, 0.15) is 26.2 Å². The lowest BCUT2D eigenvalue weighted by Gasteiger charge is -2.30. The first kappa shape index (κ1) is 14.4. The molecule has 1 fully saturated rings. The molecule has 0 aromatic heterocycles. The fourth-order valence-corrected chi connectivity index (χ4v) is 2.69. The smallest absolute Gasteiger partial charge is 0.143 e. The summed E-state index contributed by atoms with van der Waals surface area (Å²) in [5.74, 6) is -0.478. The predicted molar refractivity (Wildman–Crippen MR) is 79.2 cm³/mol. The quantitative estimate of drug-likeness (QED) is 0.834. The van der Waals surface area contributed by atoms with Crippen molar-refractivity contribution in [1.82, 2.24) is 4.90 Å². The highest BCUT2D eigenvalue weighted by molar-refractivity contribution is 6.31. The number of likely N-dealkylation sites (tertiary alicyclic amines) is 1. The van der Waals surface area contributed by atoms with E-state index in [1.165, 1.54) is 25.3 Å². The highest BCUT2D eigenvalue weighted by atomic mass is 35.5. The average molecular weight is 286 g/mol. The number of halogens is 2. The Balaban J connectivity index is 1.94. The third-order valence-electron chi connectivity index (χ3n) is 3.48. The van der Waals surface area contributed by atoms with E-state index in [1.54, 1.807) is 6.07 Å². The molecule has 1 aliphatic heterocycles. The van der Waals surface area contributed by atoms with Gasteiger partial charge in [-0.3, -0.25) is 0 Å². The predicted octanol–water partition coefficient (Wildman–Crippen LogP) is 3.35. The molecule has 1 aromatic carbocycles. The molecule has 0 radical (unpaired) electrons. The summed E-state index contributed by atoms with van der Waals surface area (Å²) in [6.45, 7) is 5.39. The van der Waals surface area contributed by atoms with Gasteiger partial charge in [0.2, 0.25) is 0 Å². The standard InChI is InChI=1S/C14H21ClFN3/c1-10(9-19-5-3-2-4-6-19)18-14-7-11(15)12(16)8-13(14)17/h7-8,10,18H,2-6,9,17H2,1H3. The lowest BCUT2D eigenvalue weighted by molar-refractivity contribution is 0.223. The van der Waals surface area contributed by atoms with E-state index < -0.39 is 5.82 Å². The summed E-state index contributed by atoms with van der Waals surface area (Å²) in [5, 5.41) is 3.41. The van der Waals surface area contributed by atoms with Gasteiger partial charge in [-0.25, -0.2) is 4.39 Å². The van der Waals surface area contributed by atoms with Crippen LogP contribution >= 0.6 is 11.6 Å². The summed E-state index contributed by atoms with van der Waals surface area (Å²) < 4.78 is 13.2. The van der Waals surface area contributed by atoms with E-state index in [1.807, 2.05) is 0 Å². The minimum Gasteiger partial charge on any atom is -0.397 e. The summed E-state index contributed by atoms with van der Waals surface area (Å²) >= 11 is 5.78. The second kappa shape index (κ2) is 6.44. The van der Waals surface area contributed by atoms with Crippen LogP contribution in [-0.4, -0.2) is 30.6 Å². The lowest BCUT2D eigenvalue weighted by Crippen LogP contribution is -2.38. The highest BCUT2D eigenvalue weighted by Crippen LogP contribution is 2.26. The Morgan fingerprint density at radius 1 is 1.37 bits per heavy atom. The van der Waals surface area contributed by atoms with E-state index in [0.717, 1.165) is 19.6 Å². The van der Waals surface area contributed by atoms with Gasteiger partial charge in [0.15, 0.2) is 0 Å². The summed E-state index contributed by atoms with van der Waals surface area (Å²) in [4.78, 5) is 2.45. The van der Waals surface area contributed by atoms with Crippen LogP contribution < -0.4 is 11.1 Å². The topological polar surface area (TPSA) is 41.3 Å². The molecule has 1 unspecified atom stereocenters. The molecule has 106 valence electrons. The molecule has 1 saturated heterocycles. The molecule has 19 heavy (non-hydrogen) atoms. The summed E-state index contributed by atoms with van der Waals surface area (Å²) in [5.41, 5.74) is 6.90. The van der Waals surface area contributed by atoms with Crippen molar-refractivity contribution in [1.29, 1.82) is 0 Å².